The average Bonchev–Trinajstić information content (AvgIpc) is 2.28. The van der Waals surface area contributed by atoms with Gasteiger partial charge in [0.05, 0.1) is 19.8 Å². The second-order valence-electron chi connectivity index (χ2n) is 2.99. The zero-order chi connectivity index (χ0) is 11.3. The van der Waals surface area contributed by atoms with Gasteiger partial charge in [0.15, 0.2) is 0 Å². The summed E-state index contributed by atoms with van der Waals surface area (Å²) >= 11 is 4.16. The Morgan fingerprint density at radius 1 is 1.40 bits per heavy atom. The normalized spacial score (nSPS) is 9.80. The number of carbonyl (C=O) groups excluding carboxylic acids is 1. The van der Waals surface area contributed by atoms with Gasteiger partial charge in [-0.05, 0) is 35.9 Å². The summed E-state index contributed by atoms with van der Waals surface area (Å²) in [6.45, 7) is 0. The summed E-state index contributed by atoms with van der Waals surface area (Å²) in [5, 5.41) is 0. The predicted octanol–water partition coefficient (Wildman–Crippen LogP) is 1.95. The van der Waals surface area contributed by atoms with E-state index in [0.29, 0.717) is 11.3 Å². The molecule has 0 aliphatic rings. The van der Waals surface area contributed by atoms with E-state index in [9.17, 15) is 4.79 Å². The zero-order valence-corrected chi connectivity index (χ0v) is 9.71. The summed E-state index contributed by atoms with van der Waals surface area (Å²) in [6, 6.07) is 5.23. The van der Waals surface area contributed by atoms with Gasteiger partial charge in [0.25, 0.3) is 0 Å². The lowest BCUT2D eigenvalue weighted by Gasteiger charge is -2.08. The third-order valence-corrected chi connectivity index (χ3v) is 2.31. The molecule has 0 spiro atoms. The van der Waals surface area contributed by atoms with Gasteiger partial charge in [0.1, 0.15) is 5.75 Å². The predicted molar refractivity (Wildman–Crippen MR) is 61.9 cm³/mol. The minimum atomic E-state index is -0.335. The molecule has 0 fully saturated rings. The van der Waals surface area contributed by atoms with Crippen molar-refractivity contribution >= 4 is 18.6 Å². The van der Waals surface area contributed by atoms with Crippen LogP contribution in [0.1, 0.15) is 15.9 Å². The van der Waals surface area contributed by atoms with Crippen LogP contribution < -0.4 is 4.74 Å². The first kappa shape index (κ1) is 11.9. The highest BCUT2D eigenvalue weighted by Gasteiger charge is 2.09. The SMILES string of the molecule is COC(=O)c1ccc(OC)c(CCS)c1. The molecule has 0 radical (unpaired) electrons. The first-order chi connectivity index (χ1) is 7.22. The van der Waals surface area contributed by atoms with Crippen molar-refractivity contribution in [2.45, 2.75) is 6.42 Å². The maximum Gasteiger partial charge on any atom is 0.337 e. The van der Waals surface area contributed by atoms with E-state index in [0.717, 1.165) is 17.7 Å². The smallest absolute Gasteiger partial charge is 0.337 e. The summed E-state index contributed by atoms with van der Waals surface area (Å²) in [6.07, 6.45) is 0.761. The number of thiol groups is 1. The van der Waals surface area contributed by atoms with Crippen molar-refractivity contribution in [1.82, 2.24) is 0 Å². The van der Waals surface area contributed by atoms with Crippen LogP contribution in [0.4, 0.5) is 0 Å². The average molecular weight is 226 g/mol. The van der Waals surface area contributed by atoms with Gasteiger partial charge in [0.2, 0.25) is 0 Å². The van der Waals surface area contributed by atoms with Crippen molar-refractivity contribution in [3.8, 4) is 5.75 Å². The van der Waals surface area contributed by atoms with Crippen LogP contribution in [0.15, 0.2) is 18.2 Å². The van der Waals surface area contributed by atoms with Crippen LogP contribution in [0.25, 0.3) is 0 Å². The fourth-order valence-corrected chi connectivity index (χ4v) is 1.58. The number of rotatable bonds is 4. The third kappa shape index (κ3) is 2.89. The monoisotopic (exact) mass is 226 g/mol. The summed E-state index contributed by atoms with van der Waals surface area (Å²) < 4.78 is 9.82. The number of hydrogen-bond donors (Lipinski definition) is 1. The molecule has 0 unspecified atom stereocenters. The summed E-state index contributed by atoms with van der Waals surface area (Å²) in [5.41, 5.74) is 1.51. The van der Waals surface area contributed by atoms with E-state index in [1.54, 1.807) is 25.3 Å². The Hall–Kier alpha value is -1.16. The van der Waals surface area contributed by atoms with Crippen molar-refractivity contribution < 1.29 is 14.3 Å². The Balaban J connectivity index is 3.04. The fourth-order valence-electron chi connectivity index (χ4n) is 1.34. The standard InChI is InChI=1S/C11H14O3S/c1-13-10-4-3-9(11(12)14-2)7-8(10)5-6-15/h3-4,7,15H,5-6H2,1-2H3. The Labute approximate surface area is 94.8 Å². The summed E-state index contributed by atoms with van der Waals surface area (Å²) in [7, 11) is 2.97. The van der Waals surface area contributed by atoms with Gasteiger partial charge < -0.3 is 9.47 Å². The van der Waals surface area contributed by atoms with Crippen LogP contribution in [0, 0.1) is 0 Å². The van der Waals surface area contributed by atoms with Gasteiger partial charge in [-0.15, -0.1) is 0 Å². The highest BCUT2D eigenvalue weighted by atomic mass is 32.1. The van der Waals surface area contributed by atoms with Crippen LogP contribution in [0.2, 0.25) is 0 Å². The van der Waals surface area contributed by atoms with Crippen LogP contribution >= 0.6 is 12.6 Å². The maximum absolute atomic E-state index is 11.3. The van der Waals surface area contributed by atoms with Crippen molar-refractivity contribution in [1.29, 1.82) is 0 Å². The lowest BCUT2D eigenvalue weighted by Crippen LogP contribution is -2.03. The van der Waals surface area contributed by atoms with Crippen LogP contribution in [-0.4, -0.2) is 25.9 Å². The molecule has 0 aliphatic heterocycles. The molecule has 0 aromatic heterocycles. The number of methoxy groups -OCH3 is 2. The number of esters is 1. The van der Waals surface area contributed by atoms with Gasteiger partial charge in [-0.25, -0.2) is 4.79 Å². The lowest BCUT2D eigenvalue weighted by molar-refractivity contribution is 0.0600. The van der Waals surface area contributed by atoms with E-state index < -0.39 is 0 Å². The molecular weight excluding hydrogens is 212 g/mol. The quantitative estimate of drug-likeness (QED) is 0.629. The molecule has 1 aromatic carbocycles. The van der Waals surface area contributed by atoms with Gasteiger partial charge >= 0.3 is 5.97 Å². The Morgan fingerprint density at radius 3 is 2.67 bits per heavy atom. The second kappa shape index (κ2) is 5.66. The largest absolute Gasteiger partial charge is 0.496 e. The van der Waals surface area contributed by atoms with Crippen molar-refractivity contribution in [2.75, 3.05) is 20.0 Å². The molecule has 82 valence electrons. The third-order valence-electron chi connectivity index (χ3n) is 2.08. The molecule has 0 N–H and O–H groups in total. The molecule has 3 nitrogen and oxygen atoms in total. The van der Waals surface area contributed by atoms with Gasteiger partial charge in [-0.3, -0.25) is 0 Å². The van der Waals surface area contributed by atoms with E-state index in [1.165, 1.54) is 7.11 Å². The second-order valence-corrected chi connectivity index (χ2v) is 3.44. The van der Waals surface area contributed by atoms with Crippen molar-refractivity contribution in [3.63, 3.8) is 0 Å². The Bertz CT molecular complexity index is 350. The Kier molecular flexibility index (Phi) is 4.49. The number of benzene rings is 1. The van der Waals surface area contributed by atoms with Crippen LogP contribution in [0.5, 0.6) is 5.75 Å². The minimum absolute atomic E-state index is 0.335. The molecule has 0 aliphatic carbocycles. The number of carbonyl (C=O) groups is 1. The van der Waals surface area contributed by atoms with Gasteiger partial charge in [-0.2, -0.15) is 12.6 Å². The highest BCUT2D eigenvalue weighted by Crippen LogP contribution is 2.21. The molecule has 0 saturated heterocycles. The van der Waals surface area contributed by atoms with Crippen molar-refractivity contribution in [3.05, 3.63) is 29.3 Å². The molecular formula is C11H14O3S. The molecule has 4 heteroatoms. The first-order valence-electron chi connectivity index (χ1n) is 4.59. The molecule has 0 amide bonds. The molecule has 1 aromatic rings. The van der Waals surface area contributed by atoms with E-state index in [1.807, 2.05) is 0 Å². The topological polar surface area (TPSA) is 35.5 Å². The van der Waals surface area contributed by atoms with Crippen LogP contribution in [0.3, 0.4) is 0 Å². The molecule has 0 saturated carbocycles. The molecule has 0 atom stereocenters. The summed E-state index contributed by atoms with van der Waals surface area (Å²) in [5.74, 6) is 1.15. The first-order valence-corrected chi connectivity index (χ1v) is 5.22. The fraction of sp³-hybridized carbons (Fsp3) is 0.364. The molecule has 0 heterocycles. The maximum atomic E-state index is 11.3. The lowest BCUT2D eigenvalue weighted by atomic mass is 10.1. The van der Waals surface area contributed by atoms with E-state index in [4.69, 9.17) is 4.74 Å². The highest BCUT2D eigenvalue weighted by molar-refractivity contribution is 7.80. The number of hydrogen-bond acceptors (Lipinski definition) is 4. The molecule has 1 rings (SSSR count). The van der Waals surface area contributed by atoms with Gasteiger partial charge in [0, 0.05) is 0 Å². The molecule has 15 heavy (non-hydrogen) atoms. The number of aryl methyl sites for hydroxylation is 1. The summed E-state index contributed by atoms with van der Waals surface area (Å²) in [4.78, 5) is 11.3. The molecule has 0 bridgehead atoms. The number of ether oxygens (including phenoxy) is 2. The van der Waals surface area contributed by atoms with Gasteiger partial charge in [-0.1, -0.05) is 0 Å². The van der Waals surface area contributed by atoms with E-state index >= 15 is 0 Å². The van der Waals surface area contributed by atoms with Crippen LogP contribution in [-0.2, 0) is 11.2 Å². The Morgan fingerprint density at radius 2 is 2.13 bits per heavy atom. The minimum Gasteiger partial charge on any atom is -0.496 e. The van der Waals surface area contributed by atoms with Crippen molar-refractivity contribution in [2.24, 2.45) is 0 Å². The zero-order valence-electron chi connectivity index (χ0n) is 8.82. The van der Waals surface area contributed by atoms with E-state index in [-0.39, 0.29) is 5.97 Å². The van der Waals surface area contributed by atoms with E-state index in [2.05, 4.69) is 17.4 Å².